The summed E-state index contributed by atoms with van der Waals surface area (Å²) in [6.07, 6.45) is 0. The van der Waals surface area contributed by atoms with Gasteiger partial charge in [0.1, 0.15) is 33.5 Å². The fourth-order valence-corrected chi connectivity index (χ4v) is 9.23. The lowest BCUT2D eigenvalue weighted by Crippen LogP contribution is -2.00. The van der Waals surface area contributed by atoms with E-state index in [2.05, 4.69) is 115 Å². The minimum Gasteiger partial charge on any atom is -0.456 e. The minimum atomic E-state index is 0.540. The number of hydrogen-bond donors (Lipinski definition) is 0. The van der Waals surface area contributed by atoms with Gasteiger partial charge in [-0.25, -0.2) is 15.0 Å². The summed E-state index contributed by atoms with van der Waals surface area (Å²) in [7, 11) is 0. The summed E-state index contributed by atoms with van der Waals surface area (Å²) < 4.78 is 19.5. The molecule has 0 radical (unpaired) electrons. The Morgan fingerprint density at radius 1 is 0.238 bits per heavy atom. The van der Waals surface area contributed by atoms with Crippen LogP contribution in [0.2, 0.25) is 0 Å². The van der Waals surface area contributed by atoms with Gasteiger partial charge in [0.05, 0.1) is 0 Å². The number of aromatic nitrogens is 3. The van der Waals surface area contributed by atoms with Crippen molar-refractivity contribution in [1.29, 1.82) is 0 Å². The molecule has 0 amide bonds. The number of benzene rings is 9. The largest absolute Gasteiger partial charge is 0.456 e. The molecule has 0 aliphatic heterocycles. The molecule has 13 rings (SSSR count). The summed E-state index contributed by atoms with van der Waals surface area (Å²) in [6.45, 7) is 0. The Hall–Kier alpha value is -8.61. The number of nitrogens with zero attached hydrogens (tertiary/aromatic N) is 3. The van der Waals surface area contributed by atoms with Gasteiger partial charge < -0.3 is 13.3 Å². The van der Waals surface area contributed by atoms with Crippen molar-refractivity contribution >= 4 is 65.8 Å². The molecule has 6 nitrogen and oxygen atoms in total. The second-order valence-corrected chi connectivity index (χ2v) is 15.9. The maximum Gasteiger partial charge on any atom is 0.164 e. The van der Waals surface area contributed by atoms with E-state index in [9.17, 15) is 0 Å². The molecule has 4 heterocycles. The first-order valence-corrected chi connectivity index (χ1v) is 21.0. The van der Waals surface area contributed by atoms with Crippen LogP contribution < -0.4 is 0 Å². The Labute approximate surface area is 360 Å². The molecule has 0 spiro atoms. The van der Waals surface area contributed by atoms with Gasteiger partial charge in [-0.1, -0.05) is 146 Å². The molecule has 0 saturated heterocycles. The van der Waals surface area contributed by atoms with Gasteiger partial charge in [-0.2, -0.15) is 0 Å². The highest BCUT2D eigenvalue weighted by Crippen LogP contribution is 2.44. The maximum absolute atomic E-state index is 6.69. The molecule has 0 fully saturated rings. The van der Waals surface area contributed by atoms with Crippen LogP contribution >= 0.6 is 0 Å². The Bertz CT molecular complexity index is 3920. The molecular weight excluding hydrogens is 775 g/mol. The van der Waals surface area contributed by atoms with Crippen molar-refractivity contribution in [3.05, 3.63) is 200 Å². The number of para-hydroxylation sites is 2. The van der Waals surface area contributed by atoms with Gasteiger partial charge in [0.25, 0.3) is 0 Å². The van der Waals surface area contributed by atoms with Crippen molar-refractivity contribution in [3.8, 4) is 67.5 Å². The van der Waals surface area contributed by atoms with E-state index in [1.165, 1.54) is 0 Å². The highest BCUT2D eigenvalue weighted by molar-refractivity contribution is 6.15. The average molecular weight is 808 g/mol. The van der Waals surface area contributed by atoms with Crippen LogP contribution in [-0.4, -0.2) is 15.0 Å². The van der Waals surface area contributed by atoms with Crippen molar-refractivity contribution in [2.45, 2.75) is 0 Å². The third-order valence-electron chi connectivity index (χ3n) is 12.2. The van der Waals surface area contributed by atoms with E-state index in [4.69, 9.17) is 28.2 Å². The quantitative estimate of drug-likeness (QED) is 0.166. The molecule has 0 bridgehead atoms. The second kappa shape index (κ2) is 14.0. The molecular formula is C57H33N3O3. The van der Waals surface area contributed by atoms with Gasteiger partial charge in [0, 0.05) is 49.0 Å². The third kappa shape index (κ3) is 5.76. The summed E-state index contributed by atoms with van der Waals surface area (Å²) >= 11 is 0. The molecule has 0 saturated carbocycles. The van der Waals surface area contributed by atoms with Crippen molar-refractivity contribution in [3.63, 3.8) is 0 Å². The van der Waals surface area contributed by atoms with Crippen LogP contribution in [0, 0.1) is 0 Å². The zero-order valence-corrected chi connectivity index (χ0v) is 33.6. The molecule has 0 aliphatic rings. The SMILES string of the molecule is c1ccc(-c2nc(-c3ccc4c(c3)oc3cccc(-c5ccccc5-c5ccc6c(c5)oc5ccccc56)c34)nc(-c3cc(-c4ccccc4)c4c(c3)oc3ccccc34)n2)cc1. The Morgan fingerprint density at radius 3 is 1.52 bits per heavy atom. The lowest BCUT2D eigenvalue weighted by atomic mass is 9.91. The summed E-state index contributed by atoms with van der Waals surface area (Å²) in [5, 5.41) is 6.40. The van der Waals surface area contributed by atoms with E-state index in [0.717, 1.165) is 116 Å². The molecule has 0 aliphatic carbocycles. The fraction of sp³-hybridized carbons (Fsp3) is 0. The highest BCUT2D eigenvalue weighted by atomic mass is 16.3. The number of hydrogen-bond acceptors (Lipinski definition) is 6. The normalized spacial score (nSPS) is 11.8. The van der Waals surface area contributed by atoms with E-state index < -0.39 is 0 Å². The number of furan rings is 3. The molecule has 0 unspecified atom stereocenters. The molecule has 63 heavy (non-hydrogen) atoms. The van der Waals surface area contributed by atoms with Gasteiger partial charge in [0.2, 0.25) is 0 Å². The number of rotatable bonds is 6. The highest BCUT2D eigenvalue weighted by Gasteiger charge is 2.21. The van der Waals surface area contributed by atoms with Crippen molar-refractivity contribution in [2.24, 2.45) is 0 Å². The smallest absolute Gasteiger partial charge is 0.164 e. The van der Waals surface area contributed by atoms with Crippen LogP contribution in [0.3, 0.4) is 0 Å². The topological polar surface area (TPSA) is 78.1 Å². The van der Waals surface area contributed by atoms with Gasteiger partial charge in [-0.15, -0.1) is 0 Å². The van der Waals surface area contributed by atoms with Crippen LogP contribution in [-0.2, 0) is 0 Å². The van der Waals surface area contributed by atoms with Crippen molar-refractivity contribution in [2.75, 3.05) is 0 Å². The van der Waals surface area contributed by atoms with E-state index in [-0.39, 0.29) is 0 Å². The first-order chi connectivity index (χ1) is 31.2. The van der Waals surface area contributed by atoms with Gasteiger partial charge >= 0.3 is 0 Å². The molecule has 0 N–H and O–H groups in total. The third-order valence-corrected chi connectivity index (χ3v) is 12.2. The summed E-state index contributed by atoms with van der Waals surface area (Å²) in [6, 6.07) is 68.6. The average Bonchev–Trinajstić information content (AvgIpc) is 4.05. The van der Waals surface area contributed by atoms with Crippen molar-refractivity contribution < 1.29 is 13.3 Å². The summed E-state index contributed by atoms with van der Waals surface area (Å²) in [4.78, 5) is 15.4. The predicted molar refractivity (Wildman–Crippen MR) is 254 cm³/mol. The van der Waals surface area contributed by atoms with E-state index in [1.807, 2.05) is 84.9 Å². The summed E-state index contributed by atoms with van der Waals surface area (Å²) in [5.74, 6) is 1.66. The van der Waals surface area contributed by atoms with E-state index >= 15 is 0 Å². The molecule has 13 aromatic rings. The van der Waals surface area contributed by atoms with E-state index in [0.29, 0.717) is 17.5 Å². The molecule has 6 heteroatoms. The summed E-state index contributed by atoms with van der Waals surface area (Å²) in [5.41, 5.74) is 14.0. The molecule has 294 valence electrons. The van der Waals surface area contributed by atoms with Gasteiger partial charge in [-0.05, 0) is 88.0 Å². The zero-order chi connectivity index (χ0) is 41.4. The van der Waals surface area contributed by atoms with Crippen molar-refractivity contribution in [1.82, 2.24) is 15.0 Å². The van der Waals surface area contributed by atoms with Crippen LogP contribution in [0.1, 0.15) is 0 Å². The monoisotopic (exact) mass is 807 g/mol. The Morgan fingerprint density at radius 2 is 0.714 bits per heavy atom. The fourth-order valence-electron chi connectivity index (χ4n) is 9.23. The van der Waals surface area contributed by atoms with Gasteiger partial charge in [0.15, 0.2) is 17.5 Å². The Kier molecular flexibility index (Phi) is 7.80. The lowest BCUT2D eigenvalue weighted by molar-refractivity contribution is 0.668. The minimum absolute atomic E-state index is 0.540. The molecule has 0 atom stereocenters. The van der Waals surface area contributed by atoms with Crippen LogP contribution in [0.15, 0.2) is 213 Å². The first kappa shape index (κ1) is 35.2. The molecule has 4 aromatic heterocycles. The van der Waals surface area contributed by atoms with Crippen LogP contribution in [0.4, 0.5) is 0 Å². The Balaban J connectivity index is 0.961. The zero-order valence-electron chi connectivity index (χ0n) is 33.6. The first-order valence-electron chi connectivity index (χ1n) is 21.0. The van der Waals surface area contributed by atoms with Gasteiger partial charge in [-0.3, -0.25) is 0 Å². The van der Waals surface area contributed by atoms with E-state index in [1.54, 1.807) is 0 Å². The second-order valence-electron chi connectivity index (χ2n) is 15.9. The van der Waals surface area contributed by atoms with Crippen LogP contribution in [0.25, 0.3) is 133 Å². The van der Waals surface area contributed by atoms with Crippen LogP contribution in [0.5, 0.6) is 0 Å². The number of fused-ring (bicyclic) bond motifs is 9. The maximum atomic E-state index is 6.69. The molecule has 9 aromatic carbocycles. The standard InChI is InChI=1S/C57H33N3O3/c1-3-14-34(15-4-1)46-30-38(33-52-54(46)44-21-10-12-24-48(44)62-52)57-59-55(35-16-5-2-6-17-35)58-56(60-57)37-27-29-45-51(32-37)63-49-25-13-22-43(53(45)49)40-19-8-7-18-39(40)36-26-28-42-41-20-9-11-23-47(41)61-50(42)31-36/h1-33H. The predicted octanol–water partition coefficient (Wildman–Crippen LogP) is 15.6. The lowest BCUT2D eigenvalue weighted by Gasteiger charge is -2.12.